The first-order valence-corrected chi connectivity index (χ1v) is 6.40. The number of carbonyl (C=O) groups is 1. The van der Waals surface area contributed by atoms with Gasteiger partial charge in [0, 0.05) is 12.6 Å². The lowest BCUT2D eigenvalue weighted by atomic mass is 10.2. The highest BCUT2D eigenvalue weighted by molar-refractivity contribution is 5.94. The first kappa shape index (κ1) is 11.3. The fraction of sp³-hybridized carbons (Fsp3) is 0.538. The van der Waals surface area contributed by atoms with Gasteiger partial charge in [0.2, 0.25) is 0 Å². The Balaban J connectivity index is 1.93. The topological polar surface area (TPSA) is 79.5 Å². The number of pyridine rings is 1. The van der Waals surface area contributed by atoms with Crippen molar-refractivity contribution in [3.8, 4) is 0 Å². The van der Waals surface area contributed by atoms with Crippen LogP contribution in [0.2, 0.25) is 0 Å². The first-order chi connectivity index (χ1) is 8.65. The van der Waals surface area contributed by atoms with Crippen molar-refractivity contribution in [3.63, 3.8) is 0 Å². The number of aromatic nitrogens is 1. The van der Waals surface area contributed by atoms with E-state index in [-0.39, 0.29) is 5.56 Å². The maximum atomic E-state index is 11.3. The molecule has 1 heterocycles. The number of anilines is 2. The molecule has 5 nitrogen and oxygen atoms in total. The number of aromatic carboxylic acids is 1. The second-order valence-electron chi connectivity index (χ2n) is 5.27. The molecule has 5 heteroatoms. The molecule has 0 radical (unpaired) electrons. The Morgan fingerprint density at radius 1 is 1.44 bits per heavy atom. The van der Waals surface area contributed by atoms with Crippen LogP contribution in [0.25, 0.3) is 0 Å². The van der Waals surface area contributed by atoms with Crippen LogP contribution in [0.5, 0.6) is 0 Å². The molecule has 1 aromatic rings. The van der Waals surface area contributed by atoms with Crippen LogP contribution in [-0.2, 0) is 0 Å². The number of hydrogen-bond donors (Lipinski definition) is 2. The van der Waals surface area contributed by atoms with Crippen LogP contribution in [0.4, 0.5) is 11.5 Å². The van der Waals surface area contributed by atoms with Gasteiger partial charge in [-0.3, -0.25) is 0 Å². The lowest BCUT2D eigenvalue weighted by molar-refractivity contribution is 0.0697. The van der Waals surface area contributed by atoms with Crippen LogP contribution in [-0.4, -0.2) is 28.6 Å². The van der Waals surface area contributed by atoms with Crippen LogP contribution in [0.1, 0.15) is 36.0 Å². The van der Waals surface area contributed by atoms with Crippen LogP contribution >= 0.6 is 0 Å². The Kier molecular flexibility index (Phi) is 2.61. The van der Waals surface area contributed by atoms with Gasteiger partial charge in [-0.15, -0.1) is 0 Å². The summed E-state index contributed by atoms with van der Waals surface area (Å²) in [5.74, 6) is 0.351. The lowest BCUT2D eigenvalue weighted by Gasteiger charge is -2.25. The van der Waals surface area contributed by atoms with Crippen molar-refractivity contribution in [3.05, 3.63) is 17.8 Å². The van der Waals surface area contributed by atoms with E-state index in [0.29, 0.717) is 23.5 Å². The zero-order valence-electron chi connectivity index (χ0n) is 10.2. The van der Waals surface area contributed by atoms with Gasteiger partial charge < -0.3 is 15.7 Å². The molecule has 0 unspecified atom stereocenters. The quantitative estimate of drug-likeness (QED) is 0.828. The fourth-order valence-electron chi connectivity index (χ4n) is 2.23. The average molecular weight is 247 g/mol. The molecular formula is C13H17N3O2. The summed E-state index contributed by atoms with van der Waals surface area (Å²) in [5, 5.41) is 9.27. The van der Waals surface area contributed by atoms with Crippen molar-refractivity contribution in [1.29, 1.82) is 0 Å². The largest absolute Gasteiger partial charge is 0.478 e. The third-order valence-electron chi connectivity index (χ3n) is 3.53. The molecule has 0 bridgehead atoms. The minimum Gasteiger partial charge on any atom is -0.478 e. The van der Waals surface area contributed by atoms with Gasteiger partial charge in [0.25, 0.3) is 0 Å². The Labute approximate surface area is 106 Å². The number of hydrogen-bond acceptors (Lipinski definition) is 4. The van der Waals surface area contributed by atoms with Gasteiger partial charge in [0.15, 0.2) is 0 Å². The third kappa shape index (κ3) is 2.25. The molecule has 2 aliphatic rings. The van der Waals surface area contributed by atoms with Gasteiger partial charge in [-0.1, -0.05) is 0 Å². The monoisotopic (exact) mass is 247 g/mol. The summed E-state index contributed by atoms with van der Waals surface area (Å²) >= 11 is 0. The minimum absolute atomic E-state index is 0.225. The third-order valence-corrected chi connectivity index (χ3v) is 3.53. The second kappa shape index (κ2) is 4.15. The molecule has 2 aliphatic carbocycles. The molecule has 0 spiro atoms. The predicted octanol–water partition coefficient (Wildman–Crippen LogP) is 1.74. The molecule has 18 heavy (non-hydrogen) atoms. The van der Waals surface area contributed by atoms with Gasteiger partial charge in [-0.05, 0) is 37.7 Å². The summed E-state index contributed by atoms with van der Waals surface area (Å²) < 4.78 is 0. The molecule has 2 saturated carbocycles. The summed E-state index contributed by atoms with van der Waals surface area (Å²) in [7, 11) is 0. The highest BCUT2D eigenvalue weighted by Gasteiger charge is 2.36. The molecule has 96 valence electrons. The minimum atomic E-state index is -0.953. The fourth-order valence-corrected chi connectivity index (χ4v) is 2.23. The molecule has 3 rings (SSSR count). The van der Waals surface area contributed by atoms with Crippen LogP contribution in [0, 0.1) is 5.92 Å². The molecule has 3 N–H and O–H groups in total. The SMILES string of the molecule is Nc1cnc(N(CC2CC2)C2CC2)c(C(=O)O)c1. The van der Waals surface area contributed by atoms with Crippen molar-refractivity contribution in [2.24, 2.45) is 5.92 Å². The predicted molar refractivity (Wildman–Crippen MR) is 68.7 cm³/mol. The van der Waals surface area contributed by atoms with Gasteiger partial charge in [-0.25, -0.2) is 9.78 Å². The lowest BCUT2D eigenvalue weighted by Crippen LogP contribution is -2.30. The Bertz CT molecular complexity index is 481. The highest BCUT2D eigenvalue weighted by atomic mass is 16.4. The van der Waals surface area contributed by atoms with E-state index in [2.05, 4.69) is 9.88 Å². The van der Waals surface area contributed by atoms with E-state index in [4.69, 9.17) is 5.73 Å². The zero-order valence-corrected chi connectivity index (χ0v) is 10.2. The molecule has 0 amide bonds. The highest BCUT2D eigenvalue weighted by Crippen LogP contribution is 2.38. The molecule has 0 aliphatic heterocycles. The Hall–Kier alpha value is -1.78. The number of carboxylic acid groups (broad SMARTS) is 1. The number of nitrogens with two attached hydrogens (primary N) is 1. The smallest absolute Gasteiger partial charge is 0.339 e. The van der Waals surface area contributed by atoms with E-state index in [0.717, 1.165) is 19.4 Å². The number of carboxylic acids is 1. The average Bonchev–Trinajstić information content (AvgIpc) is 3.19. The van der Waals surface area contributed by atoms with E-state index in [1.807, 2.05) is 0 Å². The number of nitrogen functional groups attached to an aromatic ring is 1. The molecule has 0 atom stereocenters. The summed E-state index contributed by atoms with van der Waals surface area (Å²) in [6, 6.07) is 1.98. The van der Waals surface area contributed by atoms with Crippen molar-refractivity contribution >= 4 is 17.5 Å². The van der Waals surface area contributed by atoms with E-state index >= 15 is 0 Å². The molecule has 0 aromatic carbocycles. The van der Waals surface area contributed by atoms with Gasteiger partial charge >= 0.3 is 5.97 Å². The van der Waals surface area contributed by atoms with Gasteiger partial charge in [0.05, 0.1) is 11.9 Å². The molecule has 0 saturated heterocycles. The van der Waals surface area contributed by atoms with E-state index in [9.17, 15) is 9.90 Å². The Morgan fingerprint density at radius 3 is 2.72 bits per heavy atom. The van der Waals surface area contributed by atoms with Crippen molar-refractivity contribution < 1.29 is 9.90 Å². The summed E-state index contributed by atoms with van der Waals surface area (Å²) in [6.07, 6.45) is 6.32. The standard InChI is InChI=1S/C13H17N3O2/c14-9-5-11(13(17)18)12(15-6-9)16(10-3-4-10)7-8-1-2-8/h5-6,8,10H,1-4,7,14H2,(H,17,18). The first-order valence-electron chi connectivity index (χ1n) is 6.40. The van der Waals surface area contributed by atoms with Crippen molar-refractivity contribution in [1.82, 2.24) is 4.98 Å². The second-order valence-corrected chi connectivity index (χ2v) is 5.27. The van der Waals surface area contributed by atoms with E-state index in [1.165, 1.54) is 18.9 Å². The summed E-state index contributed by atoms with van der Waals surface area (Å²) in [6.45, 7) is 0.932. The Morgan fingerprint density at radius 2 is 2.17 bits per heavy atom. The van der Waals surface area contributed by atoms with Crippen LogP contribution < -0.4 is 10.6 Å². The molecule has 1 aromatic heterocycles. The molecular weight excluding hydrogens is 230 g/mol. The maximum Gasteiger partial charge on any atom is 0.339 e. The normalized spacial score (nSPS) is 18.7. The van der Waals surface area contributed by atoms with Crippen LogP contribution in [0.15, 0.2) is 12.3 Å². The van der Waals surface area contributed by atoms with E-state index in [1.54, 1.807) is 6.20 Å². The van der Waals surface area contributed by atoms with Crippen molar-refractivity contribution in [2.75, 3.05) is 17.2 Å². The number of nitrogens with zero attached hydrogens (tertiary/aromatic N) is 2. The summed E-state index contributed by atoms with van der Waals surface area (Å²) in [4.78, 5) is 17.7. The zero-order chi connectivity index (χ0) is 12.7. The maximum absolute atomic E-state index is 11.3. The van der Waals surface area contributed by atoms with Gasteiger partial charge in [-0.2, -0.15) is 0 Å². The van der Waals surface area contributed by atoms with Gasteiger partial charge in [0.1, 0.15) is 11.4 Å². The summed E-state index contributed by atoms with van der Waals surface area (Å²) in [5.41, 5.74) is 6.25. The number of rotatable bonds is 5. The van der Waals surface area contributed by atoms with Crippen LogP contribution in [0.3, 0.4) is 0 Å². The molecule has 2 fully saturated rings. The van der Waals surface area contributed by atoms with E-state index < -0.39 is 5.97 Å². The van der Waals surface area contributed by atoms with Crippen molar-refractivity contribution in [2.45, 2.75) is 31.7 Å².